The van der Waals surface area contributed by atoms with Gasteiger partial charge in [0.25, 0.3) is 0 Å². The number of carboxylic acid groups (broad SMARTS) is 2. The van der Waals surface area contributed by atoms with Crippen LogP contribution < -0.4 is 0 Å². The summed E-state index contributed by atoms with van der Waals surface area (Å²) in [4.78, 5) is 43.5. The van der Waals surface area contributed by atoms with E-state index >= 15 is 0 Å². The number of carboxylic acids is 2. The van der Waals surface area contributed by atoms with Gasteiger partial charge in [0.05, 0.1) is 12.5 Å². The highest BCUT2D eigenvalue weighted by Crippen LogP contribution is 2.33. The molecule has 4 heterocycles. The van der Waals surface area contributed by atoms with E-state index in [1.807, 2.05) is 34.8 Å². The molecule has 0 aromatic carbocycles. The molecule has 2 saturated heterocycles. The summed E-state index contributed by atoms with van der Waals surface area (Å²) in [6.45, 7) is 4.31. The number of alkyl halides is 6. The number of halogens is 6. The predicted molar refractivity (Wildman–Crippen MR) is 116 cm³/mol. The second-order valence-electron chi connectivity index (χ2n) is 8.00. The lowest BCUT2D eigenvalue weighted by Gasteiger charge is -2.33. The van der Waals surface area contributed by atoms with Gasteiger partial charge in [0.15, 0.2) is 0 Å². The first kappa shape index (κ1) is 30.0. The van der Waals surface area contributed by atoms with Crippen molar-refractivity contribution in [3.8, 4) is 0 Å². The number of amides is 1. The van der Waals surface area contributed by atoms with Crippen molar-refractivity contribution in [1.29, 1.82) is 0 Å². The summed E-state index contributed by atoms with van der Waals surface area (Å²) in [5.74, 6) is -4.54. The molecule has 2 aromatic heterocycles. The lowest BCUT2D eigenvalue weighted by Crippen LogP contribution is -2.44. The molecule has 2 aliphatic heterocycles. The molecule has 16 heteroatoms. The van der Waals surface area contributed by atoms with E-state index in [0.717, 1.165) is 43.2 Å². The first-order valence-electron chi connectivity index (χ1n) is 10.6. The fourth-order valence-corrected chi connectivity index (χ4v) is 4.38. The second kappa shape index (κ2) is 12.8. The van der Waals surface area contributed by atoms with Gasteiger partial charge in [-0.2, -0.15) is 26.3 Å². The number of nitrogens with zero attached hydrogens (tertiary/aromatic N) is 4. The molecule has 0 spiro atoms. The topological polar surface area (TPSA) is 124 Å². The summed E-state index contributed by atoms with van der Waals surface area (Å²) in [6.07, 6.45) is -3.59. The summed E-state index contributed by atoms with van der Waals surface area (Å²) in [7, 11) is 0. The number of rotatable bonds is 4. The third-order valence-corrected chi connectivity index (χ3v) is 6.10. The van der Waals surface area contributed by atoms with Crippen LogP contribution in [0.1, 0.15) is 17.0 Å². The lowest BCUT2D eigenvalue weighted by atomic mass is 9.88. The van der Waals surface area contributed by atoms with Gasteiger partial charge in [-0.15, -0.1) is 11.3 Å². The zero-order valence-electron chi connectivity index (χ0n) is 18.9. The molecule has 2 N–H and O–H groups in total. The summed E-state index contributed by atoms with van der Waals surface area (Å²) in [5, 5.41) is 17.4. The summed E-state index contributed by atoms with van der Waals surface area (Å²) in [6, 6.07) is 3.97. The zero-order chi connectivity index (χ0) is 27.8. The second-order valence-corrected chi connectivity index (χ2v) is 8.98. The minimum atomic E-state index is -5.08. The Hall–Kier alpha value is -3.27. The molecule has 2 aromatic rings. The van der Waals surface area contributed by atoms with Crippen LogP contribution in [0.5, 0.6) is 0 Å². The Morgan fingerprint density at radius 3 is 2.14 bits per heavy atom. The summed E-state index contributed by atoms with van der Waals surface area (Å²) < 4.78 is 63.5. The van der Waals surface area contributed by atoms with Crippen molar-refractivity contribution < 1.29 is 50.9 Å². The van der Waals surface area contributed by atoms with Crippen molar-refractivity contribution in [2.75, 3.05) is 19.6 Å². The Kier molecular flexibility index (Phi) is 10.4. The molecule has 0 saturated carbocycles. The fraction of sp³-hybridized carbons (Fsp3) is 0.476. The number of thiazole rings is 1. The molecule has 2 atom stereocenters. The highest BCUT2D eigenvalue weighted by atomic mass is 32.1. The minimum Gasteiger partial charge on any atom is -0.475 e. The molecular weight excluding hydrogens is 534 g/mol. The summed E-state index contributed by atoms with van der Waals surface area (Å²) in [5.41, 5.74) is 1.11. The molecule has 2 aliphatic rings. The van der Waals surface area contributed by atoms with E-state index in [4.69, 9.17) is 19.8 Å². The lowest BCUT2D eigenvalue weighted by molar-refractivity contribution is -0.193. The Morgan fingerprint density at radius 2 is 1.65 bits per heavy atom. The number of carbonyl (C=O) groups is 3. The summed E-state index contributed by atoms with van der Waals surface area (Å²) >= 11 is 1.69. The largest absolute Gasteiger partial charge is 0.490 e. The first-order chi connectivity index (χ1) is 17.2. The number of hydrogen-bond donors (Lipinski definition) is 2. The Balaban J connectivity index is 0.000000286. The van der Waals surface area contributed by atoms with Crippen LogP contribution >= 0.6 is 11.3 Å². The van der Waals surface area contributed by atoms with Crippen molar-refractivity contribution in [3.63, 3.8) is 0 Å². The fourth-order valence-electron chi connectivity index (χ4n) is 3.72. The molecule has 204 valence electrons. The third-order valence-electron chi connectivity index (χ3n) is 5.34. The number of hydrogen-bond acceptors (Lipinski definition) is 7. The quantitative estimate of drug-likeness (QED) is 0.550. The van der Waals surface area contributed by atoms with Gasteiger partial charge in [0, 0.05) is 50.1 Å². The number of fused-ring (bicyclic) bond motifs is 1. The van der Waals surface area contributed by atoms with Gasteiger partial charge in [0.2, 0.25) is 5.91 Å². The van der Waals surface area contributed by atoms with Gasteiger partial charge in [-0.1, -0.05) is 6.07 Å². The molecular formula is C21H22F6N4O5S. The highest BCUT2D eigenvalue weighted by molar-refractivity contribution is 7.09. The van der Waals surface area contributed by atoms with Crippen molar-refractivity contribution >= 4 is 29.2 Å². The smallest absolute Gasteiger partial charge is 0.475 e. The first-order valence-corrected chi connectivity index (χ1v) is 11.4. The van der Waals surface area contributed by atoms with Gasteiger partial charge >= 0.3 is 24.3 Å². The standard InChI is InChI=1S/C17H20N4OS.2C2HF3O2/c22-17-15-11-20(12-16-19-5-7-23-16)10-14(15)3-6-21(17)9-13-2-1-4-18-8-13;2*3-2(4,5)1(6)7/h1-2,4-5,7-8,14-15H,3,6,9-12H2;2*(H,6,7)/t14-,15-;;/m0../s1. The monoisotopic (exact) mass is 556 g/mol. The minimum absolute atomic E-state index is 0.153. The van der Waals surface area contributed by atoms with Crippen LogP contribution in [0.15, 0.2) is 36.1 Å². The van der Waals surface area contributed by atoms with Crippen LogP contribution in [0, 0.1) is 11.8 Å². The number of aliphatic carboxylic acids is 2. The zero-order valence-corrected chi connectivity index (χ0v) is 19.8. The van der Waals surface area contributed by atoms with Crippen molar-refractivity contribution in [2.45, 2.75) is 31.9 Å². The normalized spacial score (nSPS) is 19.7. The van der Waals surface area contributed by atoms with Crippen LogP contribution in [0.3, 0.4) is 0 Å². The van der Waals surface area contributed by atoms with E-state index < -0.39 is 24.3 Å². The number of likely N-dealkylation sites (tertiary alicyclic amines) is 2. The average Bonchev–Trinajstić information content (AvgIpc) is 3.46. The molecule has 4 rings (SSSR count). The Morgan fingerprint density at radius 1 is 1.03 bits per heavy atom. The van der Waals surface area contributed by atoms with E-state index in [-0.39, 0.29) is 5.92 Å². The molecule has 9 nitrogen and oxygen atoms in total. The van der Waals surface area contributed by atoms with Crippen LogP contribution in [0.4, 0.5) is 26.3 Å². The average molecular weight is 556 g/mol. The van der Waals surface area contributed by atoms with E-state index in [1.165, 1.54) is 0 Å². The molecule has 0 aliphatic carbocycles. The number of carbonyl (C=O) groups excluding carboxylic acids is 1. The highest BCUT2D eigenvalue weighted by Gasteiger charge is 2.43. The molecule has 0 unspecified atom stereocenters. The van der Waals surface area contributed by atoms with Gasteiger partial charge < -0.3 is 15.1 Å². The van der Waals surface area contributed by atoms with Gasteiger partial charge in [-0.05, 0) is 24.0 Å². The molecule has 0 bridgehead atoms. The number of aromatic nitrogens is 2. The predicted octanol–water partition coefficient (Wildman–Crippen LogP) is 3.29. The van der Waals surface area contributed by atoms with Crippen LogP contribution in [0.2, 0.25) is 0 Å². The van der Waals surface area contributed by atoms with E-state index in [0.29, 0.717) is 18.4 Å². The van der Waals surface area contributed by atoms with E-state index in [2.05, 4.69) is 14.9 Å². The van der Waals surface area contributed by atoms with Crippen molar-refractivity contribution in [2.24, 2.45) is 11.8 Å². The maximum atomic E-state index is 12.8. The maximum Gasteiger partial charge on any atom is 0.490 e. The Bertz CT molecular complexity index is 1010. The molecule has 0 radical (unpaired) electrons. The molecule has 1 amide bonds. The van der Waals surface area contributed by atoms with Gasteiger partial charge in [0.1, 0.15) is 5.01 Å². The SMILES string of the molecule is O=C(O)C(F)(F)F.O=C(O)C(F)(F)F.O=C1[C@H]2CN(Cc3nccs3)C[C@@H]2CCN1Cc1cccnc1. The molecule has 37 heavy (non-hydrogen) atoms. The van der Waals surface area contributed by atoms with Gasteiger partial charge in [-0.25, -0.2) is 14.6 Å². The van der Waals surface area contributed by atoms with Crippen LogP contribution in [0.25, 0.3) is 0 Å². The Labute approximate surface area is 210 Å². The van der Waals surface area contributed by atoms with Crippen molar-refractivity contribution in [1.82, 2.24) is 19.8 Å². The van der Waals surface area contributed by atoms with E-state index in [9.17, 15) is 31.1 Å². The number of piperidine rings is 1. The van der Waals surface area contributed by atoms with Crippen molar-refractivity contribution in [3.05, 3.63) is 46.7 Å². The van der Waals surface area contributed by atoms with Gasteiger partial charge in [-0.3, -0.25) is 14.7 Å². The van der Waals surface area contributed by atoms with Crippen LogP contribution in [-0.2, 0) is 27.5 Å². The third kappa shape index (κ3) is 9.60. The van der Waals surface area contributed by atoms with E-state index in [1.54, 1.807) is 17.5 Å². The molecule has 2 fully saturated rings. The van der Waals surface area contributed by atoms with Crippen LogP contribution in [-0.4, -0.2) is 79.8 Å². The number of pyridine rings is 1. The maximum absolute atomic E-state index is 12.8.